The molecule has 0 unspecified atom stereocenters. The van der Waals surface area contributed by atoms with E-state index >= 15 is 0 Å². The van der Waals surface area contributed by atoms with Crippen molar-refractivity contribution in [3.05, 3.63) is 52.5 Å². The van der Waals surface area contributed by atoms with Crippen molar-refractivity contribution in [2.24, 2.45) is 0 Å². The molecular formula is C22H23F6N3O5S. The third-order valence-electron chi connectivity index (χ3n) is 5.53. The molecule has 4 heterocycles. The number of halogens is 6. The first-order chi connectivity index (χ1) is 17.2. The van der Waals surface area contributed by atoms with Crippen LogP contribution in [0.15, 0.2) is 41.4 Å². The van der Waals surface area contributed by atoms with Crippen molar-refractivity contribution in [1.82, 2.24) is 14.8 Å². The lowest BCUT2D eigenvalue weighted by molar-refractivity contribution is -0.193. The van der Waals surface area contributed by atoms with Crippen molar-refractivity contribution >= 4 is 29.2 Å². The monoisotopic (exact) mass is 555 g/mol. The van der Waals surface area contributed by atoms with Crippen LogP contribution >= 0.6 is 11.3 Å². The smallest absolute Gasteiger partial charge is 0.475 e. The number of hydrogen-bond acceptors (Lipinski definition) is 6. The molecule has 2 N–H and O–H groups in total. The number of carbonyl (C=O) groups excluding carboxylic acids is 1. The molecule has 2 aliphatic heterocycles. The van der Waals surface area contributed by atoms with E-state index < -0.39 is 24.3 Å². The Morgan fingerprint density at radius 1 is 0.973 bits per heavy atom. The Morgan fingerprint density at radius 2 is 1.59 bits per heavy atom. The van der Waals surface area contributed by atoms with Crippen LogP contribution in [0.3, 0.4) is 0 Å². The van der Waals surface area contributed by atoms with Crippen LogP contribution in [0.25, 0.3) is 0 Å². The van der Waals surface area contributed by atoms with Crippen LogP contribution in [-0.2, 0) is 27.5 Å². The van der Waals surface area contributed by atoms with Crippen molar-refractivity contribution < 1.29 is 50.9 Å². The highest BCUT2D eigenvalue weighted by atomic mass is 32.1. The number of carboxylic acid groups (broad SMARTS) is 2. The third kappa shape index (κ3) is 9.31. The third-order valence-corrected chi connectivity index (χ3v) is 6.26. The highest BCUT2D eigenvalue weighted by Gasteiger charge is 2.43. The first-order valence-corrected chi connectivity index (χ1v) is 11.7. The molecule has 0 saturated carbocycles. The van der Waals surface area contributed by atoms with E-state index in [1.165, 1.54) is 5.56 Å². The predicted octanol–water partition coefficient (Wildman–Crippen LogP) is 4.18. The van der Waals surface area contributed by atoms with Gasteiger partial charge in [0.1, 0.15) is 0 Å². The van der Waals surface area contributed by atoms with Gasteiger partial charge in [0, 0.05) is 50.5 Å². The molecule has 0 bridgehead atoms. The first-order valence-electron chi connectivity index (χ1n) is 10.7. The Balaban J connectivity index is 0.000000286. The Kier molecular flexibility index (Phi) is 10.4. The van der Waals surface area contributed by atoms with Crippen LogP contribution in [0.4, 0.5) is 26.3 Å². The summed E-state index contributed by atoms with van der Waals surface area (Å²) >= 11 is 1.76. The normalized spacial score (nSPS) is 19.7. The minimum Gasteiger partial charge on any atom is -0.475 e. The van der Waals surface area contributed by atoms with Crippen molar-refractivity contribution in [2.75, 3.05) is 6.54 Å². The number of fused-ring (bicyclic) bond motifs is 1. The standard InChI is InChI=1S/C18H21N3OS.2C2HF3O2/c22-18-4-3-16-17(21(18)12-14-2-1-7-19-10-14)5-8-20(16)11-15-6-9-23-13-15;2*3-2(4,5)1(6)7/h1-2,6-7,9-10,13,16-17H,3-5,8,11-12H2;2*(H,6,7)/t16-,17-;;/m0../s1. The maximum atomic E-state index is 12.5. The van der Waals surface area contributed by atoms with Gasteiger partial charge in [-0.25, -0.2) is 9.59 Å². The largest absolute Gasteiger partial charge is 0.490 e. The van der Waals surface area contributed by atoms with E-state index in [1.807, 2.05) is 12.3 Å². The molecule has 2 saturated heterocycles. The number of carbonyl (C=O) groups is 3. The number of thiophene rings is 1. The second-order valence-corrected chi connectivity index (χ2v) is 8.83. The number of aromatic nitrogens is 1. The summed E-state index contributed by atoms with van der Waals surface area (Å²) in [6.07, 6.45) is -3.77. The molecular weight excluding hydrogens is 532 g/mol. The van der Waals surface area contributed by atoms with Crippen LogP contribution in [0, 0.1) is 0 Å². The molecule has 2 aliphatic rings. The van der Waals surface area contributed by atoms with Gasteiger partial charge >= 0.3 is 24.3 Å². The average Bonchev–Trinajstić information content (AvgIpc) is 3.46. The molecule has 2 aromatic heterocycles. The summed E-state index contributed by atoms with van der Waals surface area (Å²) < 4.78 is 63.5. The lowest BCUT2D eigenvalue weighted by Crippen LogP contribution is -2.51. The number of alkyl halides is 6. The van der Waals surface area contributed by atoms with Crippen molar-refractivity contribution in [3.63, 3.8) is 0 Å². The molecule has 0 spiro atoms. The van der Waals surface area contributed by atoms with Gasteiger partial charge in [-0.15, -0.1) is 0 Å². The van der Waals surface area contributed by atoms with Gasteiger partial charge < -0.3 is 15.1 Å². The first kappa shape index (κ1) is 30.0. The second kappa shape index (κ2) is 12.9. The maximum absolute atomic E-state index is 12.5. The summed E-state index contributed by atoms with van der Waals surface area (Å²) in [5.41, 5.74) is 2.52. The van der Waals surface area contributed by atoms with Crippen LogP contribution in [-0.4, -0.2) is 73.8 Å². The summed E-state index contributed by atoms with van der Waals surface area (Å²) in [6.45, 7) is 2.79. The molecule has 2 fully saturated rings. The SMILES string of the molecule is O=C(O)C(F)(F)F.O=C(O)C(F)(F)F.O=C1CC[C@H]2[C@H](CCN2Cc2ccsc2)N1Cc1cccnc1. The van der Waals surface area contributed by atoms with Crippen molar-refractivity contribution in [2.45, 2.75) is 56.8 Å². The Labute approximate surface area is 211 Å². The zero-order valence-corrected chi connectivity index (χ0v) is 19.9. The molecule has 8 nitrogen and oxygen atoms in total. The van der Waals surface area contributed by atoms with E-state index in [0.29, 0.717) is 31.0 Å². The quantitative estimate of drug-likeness (QED) is 0.545. The summed E-state index contributed by atoms with van der Waals surface area (Å²) in [7, 11) is 0. The number of pyridine rings is 1. The topological polar surface area (TPSA) is 111 Å². The molecule has 2 aromatic rings. The van der Waals surface area contributed by atoms with Gasteiger partial charge in [0.05, 0.1) is 0 Å². The number of carboxylic acids is 2. The fraction of sp³-hybridized carbons (Fsp3) is 0.455. The fourth-order valence-corrected chi connectivity index (χ4v) is 4.61. The lowest BCUT2D eigenvalue weighted by atomic mass is 9.95. The molecule has 2 atom stereocenters. The fourth-order valence-electron chi connectivity index (χ4n) is 3.95. The summed E-state index contributed by atoms with van der Waals surface area (Å²) in [5.74, 6) is -5.22. The Hall–Kier alpha value is -3.20. The lowest BCUT2D eigenvalue weighted by Gasteiger charge is -2.40. The number of amides is 1. The van der Waals surface area contributed by atoms with Crippen LogP contribution in [0.2, 0.25) is 0 Å². The highest BCUT2D eigenvalue weighted by Crippen LogP contribution is 2.33. The van der Waals surface area contributed by atoms with E-state index in [9.17, 15) is 31.1 Å². The van der Waals surface area contributed by atoms with Crippen LogP contribution in [0.1, 0.15) is 30.4 Å². The molecule has 204 valence electrons. The maximum Gasteiger partial charge on any atom is 0.490 e. The second-order valence-electron chi connectivity index (χ2n) is 8.05. The van der Waals surface area contributed by atoms with E-state index in [2.05, 4.69) is 37.7 Å². The van der Waals surface area contributed by atoms with Gasteiger partial charge in [-0.3, -0.25) is 14.7 Å². The Morgan fingerprint density at radius 3 is 2.08 bits per heavy atom. The minimum atomic E-state index is -5.08. The number of likely N-dealkylation sites (tertiary alicyclic amines) is 2. The van der Waals surface area contributed by atoms with Crippen molar-refractivity contribution in [1.29, 1.82) is 0 Å². The van der Waals surface area contributed by atoms with E-state index in [-0.39, 0.29) is 0 Å². The zero-order valence-electron chi connectivity index (χ0n) is 19.1. The molecule has 0 aliphatic carbocycles. The van der Waals surface area contributed by atoms with Crippen LogP contribution < -0.4 is 0 Å². The van der Waals surface area contributed by atoms with Gasteiger partial charge in [0.2, 0.25) is 5.91 Å². The summed E-state index contributed by atoms with van der Waals surface area (Å²) in [6, 6.07) is 7.07. The average molecular weight is 555 g/mol. The van der Waals surface area contributed by atoms with Gasteiger partial charge in [-0.05, 0) is 46.9 Å². The highest BCUT2D eigenvalue weighted by molar-refractivity contribution is 7.07. The van der Waals surface area contributed by atoms with Crippen molar-refractivity contribution in [3.8, 4) is 0 Å². The van der Waals surface area contributed by atoms with E-state index in [1.54, 1.807) is 17.5 Å². The van der Waals surface area contributed by atoms with Gasteiger partial charge in [-0.2, -0.15) is 37.7 Å². The summed E-state index contributed by atoms with van der Waals surface area (Å²) in [5, 5.41) is 18.6. The molecule has 4 rings (SSSR count). The van der Waals surface area contributed by atoms with Gasteiger partial charge in [-0.1, -0.05) is 6.07 Å². The molecule has 0 radical (unpaired) electrons. The molecule has 0 aromatic carbocycles. The van der Waals surface area contributed by atoms with Crippen LogP contribution in [0.5, 0.6) is 0 Å². The van der Waals surface area contributed by atoms with E-state index in [4.69, 9.17) is 19.8 Å². The number of rotatable bonds is 4. The van der Waals surface area contributed by atoms with Gasteiger partial charge in [0.15, 0.2) is 0 Å². The van der Waals surface area contributed by atoms with Gasteiger partial charge in [0.25, 0.3) is 0 Å². The molecule has 15 heteroatoms. The minimum absolute atomic E-state index is 0.299. The number of aliphatic carboxylic acids is 2. The molecule has 37 heavy (non-hydrogen) atoms. The summed E-state index contributed by atoms with van der Waals surface area (Å²) in [4.78, 5) is 39.1. The predicted molar refractivity (Wildman–Crippen MR) is 118 cm³/mol. The zero-order chi connectivity index (χ0) is 27.8. The number of nitrogens with zero attached hydrogens (tertiary/aromatic N) is 3. The number of piperidine rings is 1. The number of hydrogen-bond donors (Lipinski definition) is 2. The van der Waals surface area contributed by atoms with E-state index in [0.717, 1.165) is 31.5 Å². The Bertz CT molecular complexity index is 1010. The molecule has 1 amide bonds.